The standard InChI is InChI=1S/C25H24N2O3S/c1-4-26(18-9-6-5-7-10-18)23-22(21-11-8-16-31-21)24(28)27(25(23)29)19-12-14-20(15-13-19)30-17(2)3/h5-17H,4H2,1-3H3. The number of imide groups is 1. The van der Waals surface area contributed by atoms with Gasteiger partial charge in [-0.2, -0.15) is 0 Å². The molecular weight excluding hydrogens is 408 g/mol. The van der Waals surface area contributed by atoms with E-state index in [0.29, 0.717) is 29.3 Å². The van der Waals surface area contributed by atoms with Gasteiger partial charge in [0.25, 0.3) is 11.8 Å². The van der Waals surface area contributed by atoms with Crippen LogP contribution in [0, 0.1) is 0 Å². The van der Waals surface area contributed by atoms with Gasteiger partial charge < -0.3 is 9.64 Å². The lowest BCUT2D eigenvalue weighted by atomic mass is 10.1. The molecule has 2 aromatic carbocycles. The fourth-order valence-electron chi connectivity index (χ4n) is 3.67. The number of anilines is 2. The van der Waals surface area contributed by atoms with E-state index in [2.05, 4.69) is 0 Å². The first-order chi connectivity index (χ1) is 15.0. The van der Waals surface area contributed by atoms with E-state index in [0.717, 1.165) is 10.6 Å². The molecule has 5 nitrogen and oxygen atoms in total. The third-order valence-corrected chi connectivity index (χ3v) is 5.84. The predicted octanol–water partition coefficient (Wildman–Crippen LogP) is 5.35. The number of amides is 2. The van der Waals surface area contributed by atoms with Crippen molar-refractivity contribution in [3.63, 3.8) is 0 Å². The molecule has 1 aliphatic rings. The van der Waals surface area contributed by atoms with Gasteiger partial charge in [0.05, 0.1) is 17.4 Å². The van der Waals surface area contributed by atoms with Crippen LogP contribution >= 0.6 is 11.3 Å². The molecule has 0 unspecified atom stereocenters. The van der Waals surface area contributed by atoms with E-state index in [-0.39, 0.29) is 17.9 Å². The van der Waals surface area contributed by atoms with Gasteiger partial charge in [0, 0.05) is 17.1 Å². The van der Waals surface area contributed by atoms with E-state index in [1.807, 2.05) is 73.5 Å². The Bertz CT molecular complexity index is 1100. The number of ether oxygens (including phenoxy) is 1. The van der Waals surface area contributed by atoms with Crippen molar-refractivity contribution in [2.75, 3.05) is 16.3 Å². The van der Waals surface area contributed by atoms with Gasteiger partial charge in [-0.05, 0) is 68.6 Å². The molecule has 0 atom stereocenters. The molecule has 1 aromatic heterocycles. The van der Waals surface area contributed by atoms with Crippen LogP contribution in [0.3, 0.4) is 0 Å². The van der Waals surface area contributed by atoms with Gasteiger partial charge >= 0.3 is 0 Å². The number of rotatable bonds is 7. The number of hydrogen-bond acceptors (Lipinski definition) is 5. The summed E-state index contributed by atoms with van der Waals surface area (Å²) < 4.78 is 5.69. The van der Waals surface area contributed by atoms with Crippen LogP contribution < -0.4 is 14.5 Å². The van der Waals surface area contributed by atoms with E-state index < -0.39 is 0 Å². The Labute approximate surface area is 186 Å². The lowest BCUT2D eigenvalue weighted by molar-refractivity contribution is -0.120. The van der Waals surface area contributed by atoms with Crippen LogP contribution in [-0.2, 0) is 9.59 Å². The molecule has 0 fully saturated rings. The summed E-state index contributed by atoms with van der Waals surface area (Å²) in [5, 5.41) is 1.91. The maximum absolute atomic E-state index is 13.6. The van der Waals surface area contributed by atoms with E-state index in [1.165, 1.54) is 16.2 Å². The number of para-hydroxylation sites is 1. The molecule has 1 aliphatic heterocycles. The molecule has 3 aromatic rings. The first kappa shape index (κ1) is 20.9. The predicted molar refractivity (Wildman–Crippen MR) is 125 cm³/mol. The highest BCUT2D eigenvalue weighted by molar-refractivity contribution is 7.11. The molecule has 0 spiro atoms. The molecule has 2 heterocycles. The number of carbonyl (C=O) groups is 2. The van der Waals surface area contributed by atoms with E-state index in [9.17, 15) is 9.59 Å². The molecule has 0 radical (unpaired) electrons. The molecule has 0 N–H and O–H groups in total. The largest absolute Gasteiger partial charge is 0.491 e. The molecular formula is C25H24N2O3S. The maximum atomic E-state index is 13.6. The zero-order chi connectivity index (χ0) is 22.0. The zero-order valence-corrected chi connectivity index (χ0v) is 18.6. The second-order valence-corrected chi connectivity index (χ2v) is 8.33. The van der Waals surface area contributed by atoms with Gasteiger partial charge in [-0.15, -0.1) is 11.3 Å². The second kappa shape index (κ2) is 8.78. The zero-order valence-electron chi connectivity index (χ0n) is 17.7. The van der Waals surface area contributed by atoms with Crippen LogP contribution in [0.2, 0.25) is 0 Å². The van der Waals surface area contributed by atoms with Gasteiger partial charge in [-0.25, -0.2) is 4.90 Å². The fraction of sp³-hybridized carbons (Fsp3) is 0.200. The average Bonchev–Trinajstić information content (AvgIpc) is 3.37. The van der Waals surface area contributed by atoms with Crippen LogP contribution in [0.4, 0.5) is 11.4 Å². The summed E-state index contributed by atoms with van der Waals surface area (Å²) in [6.07, 6.45) is 0.0450. The number of carbonyl (C=O) groups excluding carboxylic acids is 2. The van der Waals surface area contributed by atoms with Crippen molar-refractivity contribution >= 4 is 40.1 Å². The average molecular weight is 433 g/mol. The van der Waals surface area contributed by atoms with Gasteiger partial charge in [-0.3, -0.25) is 9.59 Å². The minimum Gasteiger partial charge on any atom is -0.491 e. The summed E-state index contributed by atoms with van der Waals surface area (Å²) in [7, 11) is 0. The molecule has 0 aliphatic carbocycles. The van der Waals surface area contributed by atoms with Crippen LogP contribution in [0.1, 0.15) is 25.6 Å². The maximum Gasteiger partial charge on any atom is 0.282 e. The normalized spacial score (nSPS) is 14.0. The fourth-order valence-corrected chi connectivity index (χ4v) is 4.43. The summed E-state index contributed by atoms with van der Waals surface area (Å²) in [6.45, 7) is 6.44. The second-order valence-electron chi connectivity index (χ2n) is 7.39. The molecule has 0 saturated carbocycles. The summed E-state index contributed by atoms with van der Waals surface area (Å²) in [6, 6.07) is 20.5. The summed E-state index contributed by atoms with van der Waals surface area (Å²) in [5.74, 6) is 0.0648. The molecule has 2 amide bonds. The number of likely N-dealkylation sites (N-methyl/N-ethyl adjacent to an activating group) is 1. The van der Waals surface area contributed by atoms with Crippen molar-refractivity contribution in [1.29, 1.82) is 0 Å². The van der Waals surface area contributed by atoms with E-state index in [1.54, 1.807) is 24.3 Å². The summed E-state index contributed by atoms with van der Waals surface area (Å²) in [5.41, 5.74) is 2.24. The smallest absolute Gasteiger partial charge is 0.282 e. The molecule has 6 heteroatoms. The lowest BCUT2D eigenvalue weighted by Crippen LogP contribution is -2.35. The molecule has 31 heavy (non-hydrogen) atoms. The highest BCUT2D eigenvalue weighted by Gasteiger charge is 2.43. The topological polar surface area (TPSA) is 49.9 Å². The summed E-state index contributed by atoms with van der Waals surface area (Å²) >= 11 is 1.46. The number of hydrogen-bond donors (Lipinski definition) is 0. The highest BCUT2D eigenvalue weighted by Crippen LogP contribution is 2.38. The number of thiophene rings is 1. The first-order valence-corrected chi connectivity index (χ1v) is 11.2. The van der Waals surface area contributed by atoms with Crippen LogP contribution in [0.5, 0.6) is 5.75 Å². The molecule has 0 bridgehead atoms. The van der Waals surface area contributed by atoms with E-state index in [4.69, 9.17) is 4.74 Å². The van der Waals surface area contributed by atoms with Gasteiger partial charge in [0.1, 0.15) is 11.4 Å². The van der Waals surface area contributed by atoms with Gasteiger partial charge in [-0.1, -0.05) is 24.3 Å². The third kappa shape index (κ3) is 3.99. The SMILES string of the molecule is CCN(C1=C(c2cccs2)C(=O)N(c2ccc(OC(C)C)cc2)C1=O)c1ccccc1. The van der Waals surface area contributed by atoms with Crippen LogP contribution in [0.25, 0.3) is 5.57 Å². The molecule has 158 valence electrons. The van der Waals surface area contributed by atoms with Crippen LogP contribution in [0.15, 0.2) is 77.8 Å². The monoisotopic (exact) mass is 432 g/mol. The van der Waals surface area contributed by atoms with Crippen molar-refractivity contribution in [2.24, 2.45) is 0 Å². The summed E-state index contributed by atoms with van der Waals surface area (Å²) in [4.78, 5) is 31.1. The molecule has 0 saturated heterocycles. The number of nitrogens with zero attached hydrogens (tertiary/aromatic N) is 2. The molecule has 4 rings (SSSR count). The first-order valence-electron chi connectivity index (χ1n) is 10.3. The quantitative estimate of drug-likeness (QED) is 0.473. The Morgan fingerprint density at radius 2 is 1.65 bits per heavy atom. The van der Waals surface area contributed by atoms with Crippen LogP contribution in [-0.4, -0.2) is 24.5 Å². The Hall–Kier alpha value is -3.38. The Balaban J connectivity index is 1.78. The van der Waals surface area contributed by atoms with Crippen molar-refractivity contribution < 1.29 is 14.3 Å². The third-order valence-electron chi connectivity index (χ3n) is 4.95. The highest BCUT2D eigenvalue weighted by atomic mass is 32.1. The van der Waals surface area contributed by atoms with Gasteiger partial charge in [0.15, 0.2) is 0 Å². The minimum absolute atomic E-state index is 0.0450. The Morgan fingerprint density at radius 3 is 2.23 bits per heavy atom. The number of benzene rings is 2. The Kier molecular flexibility index (Phi) is 5.91. The van der Waals surface area contributed by atoms with Crippen molar-refractivity contribution in [2.45, 2.75) is 26.9 Å². The van der Waals surface area contributed by atoms with E-state index >= 15 is 0 Å². The van der Waals surface area contributed by atoms with Crippen molar-refractivity contribution in [1.82, 2.24) is 0 Å². The minimum atomic E-state index is -0.323. The Morgan fingerprint density at radius 1 is 0.935 bits per heavy atom. The van der Waals surface area contributed by atoms with Gasteiger partial charge in [0.2, 0.25) is 0 Å². The lowest BCUT2D eigenvalue weighted by Gasteiger charge is -2.24. The van der Waals surface area contributed by atoms with Crippen molar-refractivity contribution in [3.05, 3.63) is 82.7 Å². The van der Waals surface area contributed by atoms with Crippen molar-refractivity contribution in [3.8, 4) is 5.75 Å².